The molecule has 0 aliphatic carbocycles. The van der Waals surface area contributed by atoms with Gasteiger partial charge < -0.3 is 24.8 Å². The van der Waals surface area contributed by atoms with Gasteiger partial charge in [0.2, 0.25) is 10.0 Å². The Balaban J connectivity index is 2.09. The molecule has 0 unspecified atom stereocenters. The van der Waals surface area contributed by atoms with Crippen molar-refractivity contribution in [2.24, 2.45) is 0 Å². The number of sulfonamides is 1. The molecule has 1 heterocycles. The normalized spacial score (nSPS) is 14.9. The number of amides is 2. The first kappa shape index (κ1) is 21.9. The first-order chi connectivity index (χ1) is 13.4. The van der Waals surface area contributed by atoms with Gasteiger partial charge in [-0.25, -0.2) is 13.2 Å². The van der Waals surface area contributed by atoms with Crippen LogP contribution in [0.15, 0.2) is 23.1 Å². The number of morpholine rings is 1. The Morgan fingerprint density at radius 3 is 2.50 bits per heavy atom. The Labute approximate surface area is 164 Å². The van der Waals surface area contributed by atoms with E-state index in [0.29, 0.717) is 13.2 Å². The molecule has 2 amide bonds. The number of carbonyl (C=O) groups excluding carboxylic acids is 2. The van der Waals surface area contributed by atoms with Crippen molar-refractivity contribution in [2.45, 2.75) is 11.8 Å². The monoisotopic (exact) mass is 415 g/mol. The quantitative estimate of drug-likeness (QED) is 0.581. The van der Waals surface area contributed by atoms with Crippen LogP contribution in [0, 0.1) is 0 Å². The third-order valence-electron chi connectivity index (χ3n) is 3.97. The predicted molar refractivity (Wildman–Crippen MR) is 99.9 cm³/mol. The Morgan fingerprint density at radius 2 is 1.86 bits per heavy atom. The highest BCUT2D eigenvalue weighted by Gasteiger charge is 2.30. The zero-order valence-electron chi connectivity index (χ0n) is 15.9. The van der Waals surface area contributed by atoms with Crippen LogP contribution < -0.4 is 15.4 Å². The number of hydrogen-bond donors (Lipinski definition) is 2. The lowest BCUT2D eigenvalue weighted by Crippen LogP contribution is -2.40. The highest BCUT2D eigenvalue weighted by molar-refractivity contribution is 7.89. The molecule has 0 bridgehead atoms. The molecular formula is C17H25N3O7S. The Kier molecular flexibility index (Phi) is 8.03. The summed E-state index contributed by atoms with van der Waals surface area (Å²) in [5.74, 6) is -0.307. The molecule has 156 valence electrons. The Bertz CT molecular complexity index is 792. The maximum Gasteiger partial charge on any atom is 0.407 e. The molecule has 1 aromatic rings. The van der Waals surface area contributed by atoms with Gasteiger partial charge in [-0.2, -0.15) is 4.31 Å². The second kappa shape index (κ2) is 10.2. The summed E-state index contributed by atoms with van der Waals surface area (Å²) in [5, 5.41) is 5.09. The fourth-order valence-corrected chi connectivity index (χ4v) is 4.16. The van der Waals surface area contributed by atoms with Gasteiger partial charge >= 0.3 is 6.09 Å². The first-order valence-electron chi connectivity index (χ1n) is 8.85. The van der Waals surface area contributed by atoms with Gasteiger partial charge in [-0.05, 0) is 25.1 Å². The predicted octanol–water partition coefficient (Wildman–Crippen LogP) is 0.192. The molecule has 0 aromatic heterocycles. The molecule has 2 N–H and O–H groups in total. The zero-order chi connectivity index (χ0) is 20.6. The summed E-state index contributed by atoms with van der Waals surface area (Å²) in [6.45, 7) is 3.39. The van der Waals surface area contributed by atoms with Crippen LogP contribution in [0.5, 0.6) is 5.75 Å². The fourth-order valence-electron chi connectivity index (χ4n) is 2.57. The van der Waals surface area contributed by atoms with Crippen molar-refractivity contribution in [2.75, 3.05) is 53.1 Å². The van der Waals surface area contributed by atoms with Crippen molar-refractivity contribution < 1.29 is 32.2 Å². The molecule has 0 saturated carbocycles. The van der Waals surface area contributed by atoms with Crippen molar-refractivity contribution in [3.8, 4) is 5.75 Å². The third-order valence-corrected chi connectivity index (χ3v) is 5.89. The highest BCUT2D eigenvalue weighted by Crippen LogP contribution is 2.28. The summed E-state index contributed by atoms with van der Waals surface area (Å²) in [4.78, 5) is 23.5. The number of nitrogens with one attached hydrogen (secondary N) is 2. The minimum atomic E-state index is -3.83. The van der Waals surface area contributed by atoms with E-state index in [4.69, 9.17) is 14.2 Å². The van der Waals surface area contributed by atoms with Crippen molar-refractivity contribution in [1.29, 1.82) is 0 Å². The Morgan fingerprint density at radius 1 is 1.18 bits per heavy atom. The van der Waals surface area contributed by atoms with E-state index in [0.717, 1.165) is 0 Å². The molecule has 10 nitrogen and oxygen atoms in total. The minimum absolute atomic E-state index is 0.0748. The van der Waals surface area contributed by atoms with Gasteiger partial charge in [0.15, 0.2) is 0 Å². The van der Waals surface area contributed by atoms with Gasteiger partial charge in [0.05, 0.1) is 26.9 Å². The molecule has 1 aliphatic heterocycles. The van der Waals surface area contributed by atoms with Crippen LogP contribution in [0.2, 0.25) is 0 Å². The van der Waals surface area contributed by atoms with E-state index in [9.17, 15) is 18.0 Å². The lowest BCUT2D eigenvalue weighted by Gasteiger charge is -2.26. The number of carbonyl (C=O) groups is 2. The number of hydrogen-bond acceptors (Lipinski definition) is 7. The minimum Gasteiger partial charge on any atom is -0.495 e. The van der Waals surface area contributed by atoms with Crippen LogP contribution in [-0.4, -0.2) is 77.8 Å². The van der Waals surface area contributed by atoms with Crippen molar-refractivity contribution in [3.63, 3.8) is 0 Å². The van der Waals surface area contributed by atoms with Crippen LogP contribution in [0.25, 0.3) is 0 Å². The highest BCUT2D eigenvalue weighted by atomic mass is 32.2. The third kappa shape index (κ3) is 5.57. The lowest BCUT2D eigenvalue weighted by atomic mass is 10.2. The fraction of sp³-hybridized carbons (Fsp3) is 0.529. The molecule has 0 spiro atoms. The molecule has 1 aliphatic rings. The molecule has 1 fully saturated rings. The number of nitrogens with zero attached hydrogens (tertiary/aromatic N) is 1. The largest absolute Gasteiger partial charge is 0.495 e. The summed E-state index contributed by atoms with van der Waals surface area (Å²) in [6, 6.07) is 4.21. The van der Waals surface area contributed by atoms with Crippen molar-refractivity contribution >= 4 is 22.0 Å². The zero-order valence-corrected chi connectivity index (χ0v) is 16.7. The molecule has 0 radical (unpaired) electrons. The molecule has 2 rings (SSSR count). The van der Waals surface area contributed by atoms with E-state index in [2.05, 4.69) is 10.6 Å². The second-order valence-corrected chi connectivity index (χ2v) is 7.69. The molecular weight excluding hydrogens is 390 g/mol. The van der Waals surface area contributed by atoms with E-state index in [-0.39, 0.29) is 49.0 Å². The smallest absolute Gasteiger partial charge is 0.407 e. The van der Waals surface area contributed by atoms with Gasteiger partial charge in [0, 0.05) is 31.7 Å². The summed E-state index contributed by atoms with van der Waals surface area (Å²) in [6.07, 6.45) is -0.569. The Hall–Kier alpha value is -2.37. The molecule has 1 saturated heterocycles. The molecule has 0 atom stereocenters. The summed E-state index contributed by atoms with van der Waals surface area (Å²) in [7, 11) is -2.46. The van der Waals surface area contributed by atoms with Crippen LogP contribution in [-0.2, 0) is 19.5 Å². The van der Waals surface area contributed by atoms with Gasteiger partial charge in [0.25, 0.3) is 5.91 Å². The van der Waals surface area contributed by atoms with Gasteiger partial charge in [-0.15, -0.1) is 0 Å². The first-order valence-corrected chi connectivity index (χ1v) is 10.3. The number of methoxy groups -OCH3 is 1. The van der Waals surface area contributed by atoms with E-state index in [1.165, 1.54) is 29.6 Å². The standard InChI is InChI=1S/C17H25N3O7S/c1-3-27-17(22)19-7-6-18-16(21)13-4-5-14(25-2)15(12-13)28(23,24)20-8-10-26-11-9-20/h4-5,12H,3,6-11H2,1-2H3,(H,18,21)(H,19,22). The van der Waals surface area contributed by atoms with Gasteiger partial charge in [-0.3, -0.25) is 4.79 Å². The number of ether oxygens (including phenoxy) is 3. The van der Waals surface area contributed by atoms with Crippen molar-refractivity contribution in [1.82, 2.24) is 14.9 Å². The van der Waals surface area contributed by atoms with Crippen LogP contribution in [0.4, 0.5) is 4.79 Å². The molecule has 28 heavy (non-hydrogen) atoms. The van der Waals surface area contributed by atoms with Crippen LogP contribution in [0.3, 0.4) is 0 Å². The van der Waals surface area contributed by atoms with Crippen LogP contribution in [0.1, 0.15) is 17.3 Å². The van der Waals surface area contributed by atoms with E-state index < -0.39 is 22.0 Å². The second-order valence-electron chi connectivity index (χ2n) is 5.79. The van der Waals surface area contributed by atoms with E-state index in [1.54, 1.807) is 6.92 Å². The summed E-state index contributed by atoms with van der Waals surface area (Å²) >= 11 is 0. The number of rotatable bonds is 8. The van der Waals surface area contributed by atoms with Gasteiger partial charge in [0.1, 0.15) is 10.6 Å². The van der Waals surface area contributed by atoms with Gasteiger partial charge in [-0.1, -0.05) is 0 Å². The maximum absolute atomic E-state index is 12.9. The van der Waals surface area contributed by atoms with E-state index in [1.807, 2.05) is 0 Å². The number of alkyl carbamates (subject to hydrolysis) is 1. The molecule has 1 aromatic carbocycles. The summed E-state index contributed by atoms with van der Waals surface area (Å²) < 4.78 is 42.3. The van der Waals surface area contributed by atoms with Crippen LogP contribution >= 0.6 is 0 Å². The average Bonchev–Trinajstić information content (AvgIpc) is 2.71. The lowest BCUT2D eigenvalue weighted by molar-refractivity contribution is 0.0729. The number of benzene rings is 1. The summed E-state index contributed by atoms with van der Waals surface area (Å²) in [5.41, 5.74) is 0.170. The SMILES string of the molecule is CCOC(=O)NCCNC(=O)c1ccc(OC)c(S(=O)(=O)N2CCOCC2)c1. The topological polar surface area (TPSA) is 123 Å². The molecule has 11 heteroatoms. The van der Waals surface area contributed by atoms with E-state index >= 15 is 0 Å². The van der Waals surface area contributed by atoms with Crippen molar-refractivity contribution in [3.05, 3.63) is 23.8 Å². The maximum atomic E-state index is 12.9. The average molecular weight is 415 g/mol.